The average Bonchev–Trinajstić information content (AvgIpc) is 3.14. The number of carbonyl (C=O) groups excluding carboxylic acids is 1. The van der Waals surface area contributed by atoms with Gasteiger partial charge in [-0.3, -0.25) is 9.78 Å². The van der Waals surface area contributed by atoms with E-state index in [1.165, 1.54) is 29.6 Å². The number of ether oxygens (including phenoxy) is 2. The van der Waals surface area contributed by atoms with Crippen LogP contribution in [-0.4, -0.2) is 59.6 Å². The number of pyridine rings is 1. The smallest absolute Gasteiger partial charge is 0.337 e. The zero-order valence-electron chi connectivity index (χ0n) is 17.7. The summed E-state index contributed by atoms with van der Waals surface area (Å²) in [4.78, 5) is 28.9. The van der Waals surface area contributed by atoms with Gasteiger partial charge in [-0.25, -0.2) is 4.79 Å². The van der Waals surface area contributed by atoms with E-state index in [0.717, 1.165) is 37.3 Å². The van der Waals surface area contributed by atoms with Crippen LogP contribution in [0.4, 0.5) is 0 Å². The van der Waals surface area contributed by atoms with Gasteiger partial charge in [0.15, 0.2) is 23.4 Å². The summed E-state index contributed by atoms with van der Waals surface area (Å²) in [6, 6.07) is 7.81. The lowest BCUT2D eigenvalue weighted by Crippen LogP contribution is -2.65. The van der Waals surface area contributed by atoms with Crippen LogP contribution in [0.5, 0.6) is 11.5 Å². The summed E-state index contributed by atoms with van der Waals surface area (Å²) in [5.41, 5.74) is 2.79. The lowest BCUT2D eigenvalue weighted by Gasteiger charge is -2.57. The van der Waals surface area contributed by atoms with Gasteiger partial charge in [0.2, 0.25) is 0 Å². The number of hydrogen-bond acceptors (Lipinski definition) is 6. The highest BCUT2D eigenvalue weighted by molar-refractivity contribution is 5.89. The molecule has 0 amide bonds. The number of rotatable bonds is 2. The van der Waals surface area contributed by atoms with Crippen molar-refractivity contribution in [3.63, 3.8) is 0 Å². The molecule has 31 heavy (non-hydrogen) atoms. The molecule has 4 atom stereocenters. The molecule has 0 radical (unpaired) electrons. The number of aromatic nitrogens is 1. The number of hydrogen-bond donors (Lipinski definition) is 1. The molecule has 162 valence electrons. The molecule has 7 nitrogen and oxygen atoms in total. The molecule has 0 unspecified atom stereocenters. The number of carboxylic acid groups (broad SMARTS) is 1. The molecule has 1 spiro atoms. The Morgan fingerprint density at radius 3 is 2.87 bits per heavy atom. The largest absolute Gasteiger partial charge is 0.493 e. The molecule has 1 saturated carbocycles. The molecule has 1 aromatic carbocycles. The van der Waals surface area contributed by atoms with Crippen molar-refractivity contribution in [2.75, 3.05) is 20.7 Å². The summed E-state index contributed by atoms with van der Waals surface area (Å²) in [6.45, 7) is 1.05. The second-order valence-electron chi connectivity index (χ2n) is 8.83. The topological polar surface area (TPSA) is 89.0 Å². The fourth-order valence-corrected chi connectivity index (χ4v) is 6.16. The maximum Gasteiger partial charge on any atom is 0.337 e. The van der Waals surface area contributed by atoms with E-state index in [2.05, 4.69) is 23.0 Å². The minimum absolute atomic E-state index is 0.0933. The van der Waals surface area contributed by atoms with E-state index in [-0.39, 0.29) is 22.9 Å². The molecule has 3 heterocycles. The van der Waals surface area contributed by atoms with Gasteiger partial charge < -0.3 is 19.5 Å². The predicted molar refractivity (Wildman–Crippen MR) is 113 cm³/mol. The number of benzene rings is 1. The first kappa shape index (κ1) is 20.0. The molecule has 4 aliphatic rings. The molecule has 2 bridgehead atoms. The van der Waals surface area contributed by atoms with Crippen LogP contribution in [0.1, 0.15) is 40.7 Å². The lowest BCUT2D eigenvalue weighted by atomic mass is 9.52. The number of ketones is 1. The normalized spacial score (nSPS) is 29.9. The van der Waals surface area contributed by atoms with Crippen molar-refractivity contribution < 1.29 is 24.2 Å². The first-order valence-electron chi connectivity index (χ1n) is 10.7. The molecule has 1 N–H and O–H groups in total. The van der Waals surface area contributed by atoms with Crippen molar-refractivity contribution in [2.45, 2.75) is 43.2 Å². The van der Waals surface area contributed by atoms with Gasteiger partial charge in [-0.15, -0.1) is 0 Å². The quantitative estimate of drug-likeness (QED) is 0.796. The van der Waals surface area contributed by atoms with Crippen LogP contribution in [0.3, 0.4) is 0 Å². The Balaban J connectivity index is 0.000000192. The standard InChI is InChI=1S/C18H21NO3.C6H5NO2/c1-19-8-7-18-11-4-5-13(20)17(18)22-16-14(21-2)6-3-10(15(16)18)9-12(11)19;8-6(9)5-2-1-3-7-4-5/h3,6,11-12,17H,4-5,7-9H2,1-2H3;1-4H,(H,8,9)/t11-,12+,17-,18-;/m0./s1. The minimum atomic E-state index is -0.942. The Morgan fingerprint density at radius 1 is 1.35 bits per heavy atom. The number of carbonyl (C=O) groups is 2. The van der Waals surface area contributed by atoms with Crippen LogP contribution >= 0.6 is 0 Å². The van der Waals surface area contributed by atoms with Gasteiger partial charge in [-0.05, 0) is 62.5 Å². The fraction of sp³-hybridized carbons (Fsp3) is 0.458. The SMILES string of the molecule is COc1ccc2c3c1O[C@H]1C(=O)CC[C@H]4[C@@H](C2)N(C)CC[C@]314.O=C(O)c1cccnc1. The van der Waals surface area contributed by atoms with Crippen molar-refractivity contribution in [3.05, 3.63) is 53.3 Å². The highest BCUT2D eigenvalue weighted by Gasteiger charge is 2.65. The van der Waals surface area contributed by atoms with Gasteiger partial charge >= 0.3 is 5.97 Å². The second-order valence-corrected chi connectivity index (χ2v) is 8.83. The van der Waals surface area contributed by atoms with E-state index in [1.807, 2.05) is 6.07 Å². The predicted octanol–water partition coefficient (Wildman–Crippen LogP) is 2.71. The maximum atomic E-state index is 12.6. The van der Waals surface area contributed by atoms with Crippen molar-refractivity contribution >= 4 is 11.8 Å². The van der Waals surface area contributed by atoms with Crippen molar-refractivity contribution in [1.82, 2.24) is 9.88 Å². The molecule has 2 aliphatic heterocycles. The first-order chi connectivity index (χ1) is 15.0. The van der Waals surface area contributed by atoms with Crippen LogP contribution < -0.4 is 9.47 Å². The lowest BCUT2D eigenvalue weighted by molar-refractivity contribution is -0.138. The van der Waals surface area contributed by atoms with E-state index in [4.69, 9.17) is 14.6 Å². The average molecular weight is 422 g/mol. The number of carboxylic acids is 1. The van der Waals surface area contributed by atoms with E-state index in [1.54, 1.807) is 13.2 Å². The van der Waals surface area contributed by atoms with Crippen molar-refractivity contribution in [1.29, 1.82) is 0 Å². The van der Waals surface area contributed by atoms with Crippen LogP contribution in [0.15, 0.2) is 36.7 Å². The molecule has 2 fully saturated rings. The van der Waals surface area contributed by atoms with Crippen molar-refractivity contribution in [3.8, 4) is 11.5 Å². The third-order valence-corrected chi connectivity index (χ3v) is 7.50. The summed E-state index contributed by atoms with van der Waals surface area (Å²) in [5, 5.41) is 8.34. The third-order valence-electron chi connectivity index (χ3n) is 7.50. The fourth-order valence-electron chi connectivity index (χ4n) is 6.16. The monoisotopic (exact) mass is 422 g/mol. The Hall–Kier alpha value is -2.93. The Bertz CT molecular complexity index is 1040. The summed E-state index contributed by atoms with van der Waals surface area (Å²) in [7, 11) is 3.91. The molecule has 2 aromatic rings. The summed E-state index contributed by atoms with van der Waals surface area (Å²) in [6.07, 6.45) is 6.31. The first-order valence-corrected chi connectivity index (χ1v) is 10.7. The molecule has 7 heteroatoms. The minimum Gasteiger partial charge on any atom is -0.493 e. The highest BCUT2D eigenvalue weighted by atomic mass is 16.5. The van der Waals surface area contributed by atoms with Gasteiger partial charge in [-0.2, -0.15) is 0 Å². The van der Waals surface area contributed by atoms with Gasteiger partial charge in [0.1, 0.15) is 0 Å². The van der Waals surface area contributed by atoms with Crippen LogP contribution in [0, 0.1) is 5.92 Å². The molecule has 1 aromatic heterocycles. The van der Waals surface area contributed by atoms with E-state index in [0.29, 0.717) is 18.4 Å². The summed E-state index contributed by atoms with van der Waals surface area (Å²) < 4.78 is 11.8. The van der Waals surface area contributed by atoms with Gasteiger partial charge in [0, 0.05) is 35.8 Å². The number of methoxy groups -OCH3 is 1. The molecule has 2 aliphatic carbocycles. The zero-order chi connectivity index (χ0) is 21.8. The van der Waals surface area contributed by atoms with Gasteiger partial charge in [0.25, 0.3) is 0 Å². The molecule has 6 rings (SSSR count). The van der Waals surface area contributed by atoms with Gasteiger partial charge in [-0.1, -0.05) is 6.07 Å². The Kier molecular flexibility index (Phi) is 4.73. The molecule has 1 saturated heterocycles. The number of aromatic carboxylic acids is 1. The zero-order valence-corrected chi connectivity index (χ0v) is 17.7. The number of likely N-dealkylation sites (N-methyl/N-ethyl adjacent to an activating group) is 1. The van der Waals surface area contributed by atoms with E-state index in [9.17, 15) is 9.59 Å². The number of piperidine rings is 1. The van der Waals surface area contributed by atoms with Crippen LogP contribution in [-0.2, 0) is 16.6 Å². The summed E-state index contributed by atoms with van der Waals surface area (Å²) in [5.74, 6) is 1.52. The van der Waals surface area contributed by atoms with Crippen LogP contribution in [0.25, 0.3) is 0 Å². The van der Waals surface area contributed by atoms with E-state index >= 15 is 0 Å². The Morgan fingerprint density at radius 2 is 2.19 bits per heavy atom. The number of nitrogens with zero attached hydrogens (tertiary/aromatic N) is 2. The summed E-state index contributed by atoms with van der Waals surface area (Å²) >= 11 is 0. The molecular formula is C24H26N2O5. The van der Waals surface area contributed by atoms with Crippen molar-refractivity contribution in [2.24, 2.45) is 5.92 Å². The van der Waals surface area contributed by atoms with E-state index < -0.39 is 5.97 Å². The Labute approximate surface area is 181 Å². The maximum absolute atomic E-state index is 12.6. The second kappa shape index (κ2) is 7.34. The highest BCUT2D eigenvalue weighted by Crippen LogP contribution is 2.63. The van der Waals surface area contributed by atoms with Gasteiger partial charge in [0.05, 0.1) is 12.7 Å². The third kappa shape index (κ3) is 2.86. The number of Topliss-reactive ketones (excluding diaryl/α,β-unsaturated/α-hetero) is 1. The number of likely N-dealkylation sites (tertiary alicyclic amines) is 1. The van der Waals surface area contributed by atoms with Crippen LogP contribution in [0.2, 0.25) is 0 Å². The molecular weight excluding hydrogens is 396 g/mol.